The van der Waals surface area contributed by atoms with E-state index in [2.05, 4.69) is 32.0 Å². The van der Waals surface area contributed by atoms with Crippen LogP contribution in [0, 0.1) is 35.0 Å². The largest absolute Gasteiger partial charge is 0.491 e. The monoisotopic (exact) mass is 860 g/mol. The predicted molar refractivity (Wildman–Crippen MR) is 233 cm³/mol. The number of nitrogens with one attached hydrogen (secondary N) is 2. The van der Waals surface area contributed by atoms with Gasteiger partial charge in [-0.15, -0.1) is 23.5 Å². The molecule has 5 aliphatic heterocycles. The summed E-state index contributed by atoms with van der Waals surface area (Å²) in [6.45, 7) is 12.2. The summed E-state index contributed by atoms with van der Waals surface area (Å²) in [7, 11) is -3.95. The number of allylic oxidation sites excluding steroid dienone is 5. The summed E-state index contributed by atoms with van der Waals surface area (Å²) in [5, 5.41) is 16.0. The van der Waals surface area contributed by atoms with Gasteiger partial charge in [-0.05, 0) is 111 Å². The van der Waals surface area contributed by atoms with Gasteiger partial charge in [0.05, 0.1) is 41.4 Å². The molecule has 10 nitrogen and oxygen atoms in total. The molecular formula is C43H61ClN4O6S3. The zero-order valence-electron chi connectivity index (χ0n) is 33.5. The molecule has 5 fully saturated rings. The quantitative estimate of drug-likeness (QED) is 0.292. The predicted octanol–water partition coefficient (Wildman–Crippen LogP) is 6.27. The van der Waals surface area contributed by atoms with Crippen LogP contribution in [0.15, 0.2) is 53.6 Å². The van der Waals surface area contributed by atoms with E-state index >= 15 is 0 Å². The van der Waals surface area contributed by atoms with Gasteiger partial charge in [0.15, 0.2) is 0 Å². The average molecular weight is 862 g/mol. The SMILES string of the molecule is C1CN(C2COC2)CCN1.C[C@@H]1[C@@H](C)C/C=C/[C@](O)(C2SCCCS2)[C@@H]2CC[C@H]2CN2C[C@@]3(CCCC4C=C(Cl)C=CC43)COc3ccc(cc32)C(=O)NS1(=O)=O. The van der Waals surface area contributed by atoms with Crippen molar-refractivity contribution in [1.82, 2.24) is 14.9 Å². The number of aliphatic hydroxyl groups is 1. The first-order valence-electron chi connectivity index (χ1n) is 21.2. The van der Waals surface area contributed by atoms with E-state index in [1.165, 1.54) is 13.1 Å². The number of amides is 1. The van der Waals surface area contributed by atoms with Crippen molar-refractivity contribution in [2.24, 2.45) is 35.0 Å². The number of piperazine rings is 1. The molecule has 57 heavy (non-hydrogen) atoms. The Kier molecular flexibility index (Phi) is 13.1. The summed E-state index contributed by atoms with van der Waals surface area (Å²) >= 11 is 10.2. The molecule has 1 aromatic rings. The Bertz CT molecular complexity index is 1810. The number of sulfonamides is 1. The fourth-order valence-corrected chi connectivity index (χ4v) is 15.1. The average Bonchev–Trinajstić information content (AvgIpc) is 3.32. The number of carbonyl (C=O) groups excluding carboxylic acids is 1. The molecule has 3 aliphatic carbocycles. The van der Waals surface area contributed by atoms with Gasteiger partial charge in [0, 0.05) is 55.3 Å². The van der Waals surface area contributed by atoms with Crippen LogP contribution >= 0.6 is 35.1 Å². The smallest absolute Gasteiger partial charge is 0.264 e. The van der Waals surface area contributed by atoms with Crippen molar-refractivity contribution in [3.63, 3.8) is 0 Å². The fourth-order valence-electron chi connectivity index (χ4n) is 10.3. The second-order valence-electron chi connectivity index (χ2n) is 17.7. The van der Waals surface area contributed by atoms with E-state index in [1.54, 1.807) is 13.0 Å². The van der Waals surface area contributed by atoms with Gasteiger partial charge >= 0.3 is 0 Å². The number of halogens is 1. The molecule has 314 valence electrons. The molecule has 3 N–H and O–H groups in total. The highest BCUT2D eigenvalue weighted by Crippen LogP contribution is 2.54. The first-order valence-corrected chi connectivity index (χ1v) is 25.3. The second kappa shape index (κ2) is 17.7. The summed E-state index contributed by atoms with van der Waals surface area (Å²) in [4.78, 5) is 18.4. The van der Waals surface area contributed by atoms with Gasteiger partial charge < -0.3 is 24.8 Å². The van der Waals surface area contributed by atoms with Gasteiger partial charge in [-0.3, -0.25) is 9.69 Å². The van der Waals surface area contributed by atoms with E-state index in [-0.39, 0.29) is 33.7 Å². The maximum absolute atomic E-state index is 13.5. The maximum atomic E-state index is 13.5. The minimum atomic E-state index is -3.95. The highest BCUT2D eigenvalue weighted by molar-refractivity contribution is 8.17. The van der Waals surface area contributed by atoms with Crippen LogP contribution in [0.5, 0.6) is 5.75 Å². The van der Waals surface area contributed by atoms with Crippen molar-refractivity contribution in [2.75, 3.05) is 75.5 Å². The lowest BCUT2D eigenvalue weighted by Gasteiger charge is -2.52. The molecule has 8 atom stereocenters. The van der Waals surface area contributed by atoms with Crippen molar-refractivity contribution in [3.8, 4) is 5.75 Å². The number of nitrogens with zero attached hydrogens (tertiary/aromatic N) is 2. The Morgan fingerprint density at radius 3 is 2.56 bits per heavy atom. The highest BCUT2D eigenvalue weighted by atomic mass is 35.5. The Hall–Kier alpha value is -1.71. The molecule has 2 saturated carbocycles. The summed E-state index contributed by atoms with van der Waals surface area (Å²) < 4.78 is 41.1. The molecule has 9 rings (SSSR count). The molecule has 5 heterocycles. The first kappa shape index (κ1) is 42.0. The van der Waals surface area contributed by atoms with Crippen LogP contribution in [0.2, 0.25) is 0 Å². The van der Waals surface area contributed by atoms with Gasteiger partial charge in [-0.25, -0.2) is 13.1 Å². The number of rotatable bonds is 2. The molecule has 2 bridgehead atoms. The zero-order chi connectivity index (χ0) is 39.8. The molecule has 1 aromatic carbocycles. The lowest BCUT2D eigenvalue weighted by atomic mass is 9.60. The molecule has 1 spiro atoms. The number of ether oxygens (including phenoxy) is 2. The van der Waals surface area contributed by atoms with E-state index in [9.17, 15) is 18.3 Å². The maximum Gasteiger partial charge on any atom is 0.264 e. The molecule has 14 heteroatoms. The zero-order valence-corrected chi connectivity index (χ0v) is 36.7. The highest BCUT2D eigenvalue weighted by Gasteiger charge is 2.53. The van der Waals surface area contributed by atoms with Crippen molar-refractivity contribution >= 4 is 56.7 Å². The second-order valence-corrected chi connectivity index (χ2v) is 22.9. The minimum absolute atomic E-state index is 0.0376. The minimum Gasteiger partial charge on any atom is -0.491 e. The van der Waals surface area contributed by atoms with E-state index < -0.39 is 26.8 Å². The molecule has 2 unspecified atom stereocenters. The van der Waals surface area contributed by atoms with E-state index in [0.717, 1.165) is 106 Å². The molecule has 8 aliphatic rings. The summed E-state index contributed by atoms with van der Waals surface area (Å²) in [5.41, 5.74) is -0.0359. The lowest BCUT2D eigenvalue weighted by Crippen LogP contribution is -2.56. The van der Waals surface area contributed by atoms with Crippen LogP contribution in [-0.4, -0.2) is 116 Å². The van der Waals surface area contributed by atoms with E-state index in [1.807, 2.05) is 60.8 Å². The molecule has 1 amide bonds. The van der Waals surface area contributed by atoms with Gasteiger partial charge in [0.1, 0.15) is 11.4 Å². The number of anilines is 1. The number of hydrogen-bond acceptors (Lipinski definition) is 11. The fraction of sp³-hybridized carbons (Fsp3) is 0.698. The topological polar surface area (TPSA) is 120 Å². The van der Waals surface area contributed by atoms with Crippen LogP contribution < -0.4 is 19.7 Å². The molecule has 3 saturated heterocycles. The number of fused-ring (bicyclic) bond motifs is 4. The van der Waals surface area contributed by atoms with E-state index in [0.29, 0.717) is 30.3 Å². The first-order chi connectivity index (χ1) is 27.5. The Morgan fingerprint density at radius 2 is 1.84 bits per heavy atom. The summed E-state index contributed by atoms with van der Waals surface area (Å²) in [6, 6.07) is 6.06. The Labute approximate surface area is 353 Å². The van der Waals surface area contributed by atoms with Crippen molar-refractivity contribution in [2.45, 2.75) is 80.3 Å². The third kappa shape index (κ3) is 8.88. The van der Waals surface area contributed by atoms with E-state index in [4.69, 9.17) is 21.1 Å². The number of hydrogen-bond donors (Lipinski definition) is 3. The van der Waals surface area contributed by atoms with Gasteiger partial charge in [-0.1, -0.05) is 49.2 Å². The van der Waals surface area contributed by atoms with Crippen LogP contribution in [0.4, 0.5) is 5.69 Å². The molecule has 0 aromatic heterocycles. The van der Waals surface area contributed by atoms with Crippen LogP contribution in [-0.2, 0) is 14.8 Å². The summed E-state index contributed by atoms with van der Waals surface area (Å²) in [6.07, 6.45) is 17.3. The van der Waals surface area contributed by atoms with Crippen molar-refractivity contribution in [3.05, 3.63) is 59.2 Å². The summed E-state index contributed by atoms with van der Waals surface area (Å²) in [5.74, 6) is 2.87. The van der Waals surface area contributed by atoms with Crippen molar-refractivity contribution < 1.29 is 27.8 Å². The van der Waals surface area contributed by atoms with Gasteiger partial charge in [0.25, 0.3) is 5.91 Å². The van der Waals surface area contributed by atoms with Gasteiger partial charge in [-0.2, -0.15) is 0 Å². The molecular weight excluding hydrogens is 800 g/mol. The van der Waals surface area contributed by atoms with Gasteiger partial charge in [0.2, 0.25) is 10.0 Å². The standard InChI is InChI=1S/C36H47ClN2O5S3.C7H14N2O/c1-23-6-3-15-36(41,34-45-16-5-17-46-34)30-11-8-27(30)20-39-21-35(14-4-7-25-18-28(37)10-12-29(25)35)22-44-32-13-9-26(19-31(32)39)33(40)38-47(42,43)24(23)2;1-3-9(4-2-8-1)7-5-10-6-7/h3,9-10,12-13,15,18-19,23-25,27,29-30,34,41H,4-8,11,14,16-17,20-22H2,1-2H3,(H,38,40);7-8H,1-6H2/b15-3+;/t23-,24+,25?,27-,29?,30+,35-,36+;/m0./s1. The molecule has 0 radical (unpaired) electrons. The number of thioether (sulfide) groups is 2. The Balaban J connectivity index is 0.000000394. The third-order valence-corrected chi connectivity index (χ3v) is 19.6. The normalized spacial score (nSPS) is 38.0. The number of carbonyl (C=O) groups is 1. The Morgan fingerprint density at radius 1 is 1.05 bits per heavy atom. The van der Waals surface area contributed by atoms with Crippen molar-refractivity contribution in [1.29, 1.82) is 0 Å². The van der Waals surface area contributed by atoms with Crippen LogP contribution in [0.1, 0.15) is 69.2 Å². The number of benzene rings is 1. The van der Waals surface area contributed by atoms with Crippen LogP contribution in [0.3, 0.4) is 0 Å². The van der Waals surface area contributed by atoms with Crippen LogP contribution in [0.25, 0.3) is 0 Å². The third-order valence-electron chi connectivity index (χ3n) is 14.2. The lowest BCUT2D eigenvalue weighted by molar-refractivity contribution is -0.0677.